The first-order valence-electron chi connectivity index (χ1n) is 6.32. The number of benzene rings is 1. The summed E-state index contributed by atoms with van der Waals surface area (Å²) in [5.41, 5.74) is 7.75. The van der Waals surface area contributed by atoms with E-state index in [0.717, 1.165) is 28.1 Å². The highest BCUT2D eigenvalue weighted by molar-refractivity contribution is 9.10. The molecule has 3 N–H and O–H groups in total. The van der Waals surface area contributed by atoms with E-state index < -0.39 is 0 Å². The number of nitrogens with two attached hydrogens (primary N) is 1. The fourth-order valence-electron chi connectivity index (χ4n) is 1.73. The first-order chi connectivity index (χ1) is 9.10. The number of nitrogens with zero attached hydrogens (tertiary/aromatic N) is 1. The highest BCUT2D eigenvalue weighted by Gasteiger charge is 2.09. The summed E-state index contributed by atoms with van der Waals surface area (Å²) in [5.74, 6) is 0. The van der Waals surface area contributed by atoms with Crippen LogP contribution in [0.4, 0.5) is 5.69 Å². The lowest BCUT2D eigenvalue weighted by Gasteiger charge is -2.11. The molecule has 0 saturated carbocycles. The van der Waals surface area contributed by atoms with Crippen molar-refractivity contribution >= 4 is 33.0 Å². The van der Waals surface area contributed by atoms with Crippen LogP contribution in [-0.4, -0.2) is 4.98 Å². The molecule has 1 heterocycles. The van der Waals surface area contributed by atoms with Gasteiger partial charge in [-0.25, -0.2) is 4.98 Å². The molecule has 1 aromatic heterocycles. The number of thiazole rings is 1. The summed E-state index contributed by atoms with van der Waals surface area (Å²) in [4.78, 5) is 5.79. The summed E-state index contributed by atoms with van der Waals surface area (Å²) in [7, 11) is 0. The van der Waals surface area contributed by atoms with Crippen LogP contribution in [0.1, 0.15) is 35.3 Å². The molecule has 1 aromatic carbocycles. The SMILES string of the molecule is CCc1cnc(C(C)NCc2ccc(N)c(Br)c2)s1. The van der Waals surface area contributed by atoms with Crippen LogP contribution < -0.4 is 11.1 Å². The van der Waals surface area contributed by atoms with Crippen LogP contribution >= 0.6 is 27.3 Å². The van der Waals surface area contributed by atoms with E-state index in [4.69, 9.17) is 5.73 Å². The molecule has 0 fully saturated rings. The molecule has 0 radical (unpaired) electrons. The van der Waals surface area contributed by atoms with Crippen molar-refractivity contribution in [2.45, 2.75) is 32.9 Å². The van der Waals surface area contributed by atoms with Crippen molar-refractivity contribution in [3.8, 4) is 0 Å². The highest BCUT2D eigenvalue weighted by Crippen LogP contribution is 2.22. The second-order valence-corrected chi connectivity index (χ2v) is 6.48. The van der Waals surface area contributed by atoms with E-state index >= 15 is 0 Å². The first kappa shape index (κ1) is 14.5. The van der Waals surface area contributed by atoms with Gasteiger partial charge in [0, 0.05) is 27.8 Å². The van der Waals surface area contributed by atoms with E-state index in [1.54, 1.807) is 11.3 Å². The molecule has 0 spiro atoms. The van der Waals surface area contributed by atoms with E-state index in [-0.39, 0.29) is 6.04 Å². The summed E-state index contributed by atoms with van der Waals surface area (Å²) >= 11 is 5.23. The second kappa shape index (κ2) is 6.50. The van der Waals surface area contributed by atoms with E-state index in [0.29, 0.717) is 0 Å². The first-order valence-corrected chi connectivity index (χ1v) is 7.93. The Morgan fingerprint density at radius 2 is 2.26 bits per heavy atom. The maximum absolute atomic E-state index is 5.78. The van der Waals surface area contributed by atoms with Gasteiger partial charge in [0.05, 0.1) is 6.04 Å². The molecule has 19 heavy (non-hydrogen) atoms. The Hall–Kier alpha value is -0.910. The van der Waals surface area contributed by atoms with Crippen LogP contribution in [0.5, 0.6) is 0 Å². The lowest BCUT2D eigenvalue weighted by Crippen LogP contribution is -2.17. The molecule has 1 atom stereocenters. The number of aryl methyl sites for hydroxylation is 1. The Morgan fingerprint density at radius 1 is 1.47 bits per heavy atom. The van der Waals surface area contributed by atoms with Gasteiger partial charge in [0.15, 0.2) is 0 Å². The van der Waals surface area contributed by atoms with Crippen molar-refractivity contribution in [3.05, 3.63) is 44.3 Å². The number of hydrogen-bond acceptors (Lipinski definition) is 4. The maximum Gasteiger partial charge on any atom is 0.109 e. The predicted molar refractivity (Wildman–Crippen MR) is 85.3 cm³/mol. The fourth-order valence-corrected chi connectivity index (χ4v) is 3.04. The average molecular weight is 340 g/mol. The normalized spacial score (nSPS) is 12.6. The van der Waals surface area contributed by atoms with Crippen molar-refractivity contribution < 1.29 is 0 Å². The van der Waals surface area contributed by atoms with Crippen molar-refractivity contribution in [2.75, 3.05) is 5.73 Å². The van der Waals surface area contributed by atoms with Crippen LogP contribution in [-0.2, 0) is 13.0 Å². The molecule has 5 heteroatoms. The molecule has 0 amide bonds. The average Bonchev–Trinajstić information content (AvgIpc) is 2.88. The molecule has 3 nitrogen and oxygen atoms in total. The lowest BCUT2D eigenvalue weighted by molar-refractivity contribution is 0.572. The third kappa shape index (κ3) is 3.78. The summed E-state index contributed by atoms with van der Waals surface area (Å²) < 4.78 is 0.946. The zero-order chi connectivity index (χ0) is 13.8. The molecule has 0 aliphatic heterocycles. The lowest BCUT2D eigenvalue weighted by atomic mass is 10.2. The monoisotopic (exact) mass is 339 g/mol. The number of aromatic nitrogens is 1. The van der Waals surface area contributed by atoms with Crippen molar-refractivity contribution in [3.63, 3.8) is 0 Å². The van der Waals surface area contributed by atoms with Gasteiger partial charge in [0.2, 0.25) is 0 Å². The van der Waals surface area contributed by atoms with Crippen LogP contribution in [0.3, 0.4) is 0 Å². The number of hydrogen-bond donors (Lipinski definition) is 2. The van der Waals surface area contributed by atoms with Gasteiger partial charge in [0.25, 0.3) is 0 Å². The van der Waals surface area contributed by atoms with Gasteiger partial charge < -0.3 is 11.1 Å². The number of nitrogens with one attached hydrogen (secondary N) is 1. The number of halogens is 1. The molecule has 0 saturated heterocycles. The van der Waals surface area contributed by atoms with E-state index in [1.807, 2.05) is 24.4 Å². The van der Waals surface area contributed by atoms with Crippen LogP contribution in [0.2, 0.25) is 0 Å². The van der Waals surface area contributed by atoms with Gasteiger partial charge >= 0.3 is 0 Å². The van der Waals surface area contributed by atoms with E-state index in [2.05, 4.69) is 40.1 Å². The molecule has 1 unspecified atom stereocenters. The fraction of sp³-hybridized carbons (Fsp3) is 0.357. The quantitative estimate of drug-likeness (QED) is 0.812. The minimum Gasteiger partial charge on any atom is -0.398 e. The zero-order valence-corrected chi connectivity index (χ0v) is 13.5. The molecular weight excluding hydrogens is 322 g/mol. The Morgan fingerprint density at radius 3 is 2.89 bits per heavy atom. The Labute approximate surface area is 126 Å². The van der Waals surface area contributed by atoms with Crippen molar-refractivity contribution in [2.24, 2.45) is 0 Å². The van der Waals surface area contributed by atoms with Gasteiger partial charge in [-0.3, -0.25) is 0 Å². The van der Waals surface area contributed by atoms with E-state index in [1.165, 1.54) is 10.4 Å². The number of rotatable bonds is 5. The molecule has 2 rings (SSSR count). The topological polar surface area (TPSA) is 50.9 Å². The molecule has 102 valence electrons. The molecule has 2 aromatic rings. The van der Waals surface area contributed by atoms with Gasteiger partial charge in [-0.05, 0) is 47.0 Å². The van der Waals surface area contributed by atoms with Crippen molar-refractivity contribution in [1.29, 1.82) is 0 Å². The Balaban J connectivity index is 1.95. The summed E-state index contributed by atoms with van der Waals surface area (Å²) in [5, 5.41) is 4.63. The third-order valence-corrected chi connectivity index (χ3v) is 4.98. The summed E-state index contributed by atoms with van der Waals surface area (Å²) in [6.07, 6.45) is 3.02. The molecular formula is C14H18BrN3S. The highest BCUT2D eigenvalue weighted by atomic mass is 79.9. The zero-order valence-electron chi connectivity index (χ0n) is 11.1. The smallest absolute Gasteiger partial charge is 0.109 e. The van der Waals surface area contributed by atoms with Gasteiger partial charge in [-0.1, -0.05) is 13.0 Å². The molecule has 0 aliphatic rings. The number of anilines is 1. The largest absolute Gasteiger partial charge is 0.398 e. The standard InChI is InChI=1S/C14H18BrN3S/c1-3-11-8-18-14(19-11)9(2)17-7-10-4-5-13(16)12(15)6-10/h4-6,8-9,17H,3,7,16H2,1-2H3. The van der Waals surface area contributed by atoms with Crippen molar-refractivity contribution in [1.82, 2.24) is 10.3 Å². The Bertz CT molecular complexity index is 553. The number of nitrogen functional groups attached to an aromatic ring is 1. The van der Waals surface area contributed by atoms with Crippen LogP contribution in [0, 0.1) is 0 Å². The minimum atomic E-state index is 0.265. The molecule has 0 bridgehead atoms. The summed E-state index contributed by atoms with van der Waals surface area (Å²) in [6, 6.07) is 6.28. The second-order valence-electron chi connectivity index (χ2n) is 4.48. The summed E-state index contributed by atoms with van der Waals surface area (Å²) in [6.45, 7) is 5.10. The van der Waals surface area contributed by atoms with Gasteiger partial charge in [-0.15, -0.1) is 11.3 Å². The maximum atomic E-state index is 5.78. The van der Waals surface area contributed by atoms with Gasteiger partial charge in [-0.2, -0.15) is 0 Å². The van der Waals surface area contributed by atoms with Crippen LogP contribution in [0.15, 0.2) is 28.9 Å². The molecule has 0 aliphatic carbocycles. The van der Waals surface area contributed by atoms with Gasteiger partial charge in [0.1, 0.15) is 5.01 Å². The minimum absolute atomic E-state index is 0.265. The van der Waals surface area contributed by atoms with Crippen LogP contribution in [0.25, 0.3) is 0 Å². The third-order valence-electron chi connectivity index (χ3n) is 2.97. The Kier molecular flexibility index (Phi) is 4.96. The predicted octanol–water partition coefficient (Wildman–Crippen LogP) is 3.90. The van der Waals surface area contributed by atoms with E-state index in [9.17, 15) is 0 Å².